The molecule has 0 aromatic rings. The Morgan fingerprint density at radius 3 is 2.64 bits per heavy atom. The Morgan fingerprint density at radius 1 is 1.64 bits per heavy atom. The van der Waals surface area contributed by atoms with E-state index in [2.05, 4.69) is 0 Å². The lowest BCUT2D eigenvalue weighted by molar-refractivity contribution is -0.164. The quantitative estimate of drug-likeness (QED) is 0.429. The zero-order valence-electron chi connectivity index (χ0n) is 6.29. The van der Waals surface area contributed by atoms with E-state index < -0.39 is 11.7 Å². The van der Waals surface area contributed by atoms with Crippen molar-refractivity contribution >= 4 is 5.91 Å². The average Bonchev–Trinajstić information content (AvgIpc) is 2.36. The monoisotopic (exact) mass is 161 g/mol. The van der Waals surface area contributed by atoms with Gasteiger partial charge in [-0.25, -0.2) is 5.48 Å². The molecule has 1 heterocycles. The lowest BCUT2D eigenvalue weighted by Crippen LogP contribution is -2.33. The summed E-state index contributed by atoms with van der Waals surface area (Å²) in [5.74, 6) is -1.36. The SMILES string of the molecule is CC1(CC(=O)NO)OCCO1. The first-order valence-corrected chi connectivity index (χ1v) is 3.37. The van der Waals surface area contributed by atoms with Gasteiger partial charge in [0.1, 0.15) is 0 Å². The normalized spacial score (nSPS) is 21.6. The Kier molecular flexibility index (Phi) is 2.43. The van der Waals surface area contributed by atoms with Crippen LogP contribution >= 0.6 is 0 Å². The minimum atomic E-state index is -0.854. The number of rotatable bonds is 2. The summed E-state index contributed by atoms with van der Waals surface area (Å²) in [4.78, 5) is 10.7. The van der Waals surface area contributed by atoms with Crippen LogP contribution in [-0.4, -0.2) is 30.1 Å². The molecule has 0 atom stereocenters. The average molecular weight is 161 g/mol. The second kappa shape index (κ2) is 3.17. The van der Waals surface area contributed by atoms with Gasteiger partial charge in [0.2, 0.25) is 5.91 Å². The van der Waals surface area contributed by atoms with Crippen molar-refractivity contribution in [3.05, 3.63) is 0 Å². The summed E-state index contributed by atoms with van der Waals surface area (Å²) >= 11 is 0. The summed E-state index contributed by atoms with van der Waals surface area (Å²) in [5, 5.41) is 8.20. The minimum absolute atomic E-state index is 0.0174. The van der Waals surface area contributed by atoms with Gasteiger partial charge in [-0.05, 0) is 6.92 Å². The van der Waals surface area contributed by atoms with Crippen LogP contribution in [0.1, 0.15) is 13.3 Å². The fourth-order valence-electron chi connectivity index (χ4n) is 0.990. The van der Waals surface area contributed by atoms with Gasteiger partial charge in [0.15, 0.2) is 5.79 Å². The smallest absolute Gasteiger partial charge is 0.248 e. The van der Waals surface area contributed by atoms with Crippen molar-refractivity contribution < 1.29 is 19.5 Å². The highest BCUT2D eigenvalue weighted by molar-refractivity contribution is 5.75. The standard InChI is InChI=1S/C6H11NO4/c1-6(4-5(8)7-9)10-2-3-11-6/h9H,2-4H2,1H3,(H,7,8). The van der Waals surface area contributed by atoms with Gasteiger partial charge in [-0.1, -0.05) is 0 Å². The van der Waals surface area contributed by atoms with E-state index in [4.69, 9.17) is 14.7 Å². The first-order valence-electron chi connectivity index (χ1n) is 3.37. The Hall–Kier alpha value is -0.650. The van der Waals surface area contributed by atoms with Crippen molar-refractivity contribution in [2.24, 2.45) is 0 Å². The molecule has 2 N–H and O–H groups in total. The van der Waals surface area contributed by atoms with E-state index in [0.29, 0.717) is 13.2 Å². The van der Waals surface area contributed by atoms with Crippen molar-refractivity contribution in [3.8, 4) is 0 Å². The molecule has 1 fully saturated rings. The Labute approximate surface area is 64.2 Å². The van der Waals surface area contributed by atoms with Gasteiger partial charge in [0.05, 0.1) is 19.6 Å². The summed E-state index contributed by atoms with van der Waals surface area (Å²) in [7, 11) is 0. The fraction of sp³-hybridized carbons (Fsp3) is 0.833. The molecule has 64 valence electrons. The highest BCUT2D eigenvalue weighted by Gasteiger charge is 2.33. The summed E-state index contributed by atoms with van der Waals surface area (Å²) in [6.45, 7) is 2.65. The summed E-state index contributed by atoms with van der Waals surface area (Å²) in [6.07, 6.45) is 0.0174. The van der Waals surface area contributed by atoms with Crippen LogP contribution in [0.15, 0.2) is 0 Å². The highest BCUT2D eigenvalue weighted by atomic mass is 16.7. The van der Waals surface area contributed by atoms with Gasteiger partial charge in [0.25, 0.3) is 0 Å². The molecule has 0 aliphatic carbocycles. The van der Waals surface area contributed by atoms with Gasteiger partial charge in [-0.15, -0.1) is 0 Å². The highest BCUT2D eigenvalue weighted by Crippen LogP contribution is 2.21. The van der Waals surface area contributed by atoms with Crippen LogP contribution in [0.3, 0.4) is 0 Å². The molecule has 5 nitrogen and oxygen atoms in total. The molecule has 0 saturated carbocycles. The van der Waals surface area contributed by atoms with Crippen LogP contribution in [0.2, 0.25) is 0 Å². The minimum Gasteiger partial charge on any atom is -0.347 e. The largest absolute Gasteiger partial charge is 0.347 e. The molecule has 1 aliphatic rings. The third kappa shape index (κ3) is 2.14. The first kappa shape index (κ1) is 8.45. The zero-order valence-corrected chi connectivity index (χ0v) is 6.29. The van der Waals surface area contributed by atoms with Crippen molar-refractivity contribution in [2.75, 3.05) is 13.2 Å². The van der Waals surface area contributed by atoms with Crippen LogP contribution in [0, 0.1) is 0 Å². The summed E-state index contributed by atoms with van der Waals surface area (Å²) in [5.41, 5.74) is 1.52. The summed E-state index contributed by atoms with van der Waals surface area (Å²) < 4.78 is 10.2. The van der Waals surface area contributed by atoms with Gasteiger partial charge in [-0.3, -0.25) is 10.0 Å². The Morgan fingerprint density at radius 2 is 2.18 bits per heavy atom. The lowest BCUT2D eigenvalue weighted by atomic mass is 10.2. The Bertz CT molecular complexity index is 153. The molecule has 1 saturated heterocycles. The molecule has 1 aliphatic heterocycles. The summed E-state index contributed by atoms with van der Waals surface area (Å²) in [6, 6.07) is 0. The third-order valence-corrected chi connectivity index (χ3v) is 1.50. The number of hydroxylamine groups is 1. The van der Waals surface area contributed by atoms with Crippen LogP contribution < -0.4 is 5.48 Å². The predicted molar refractivity (Wildman–Crippen MR) is 34.9 cm³/mol. The molecule has 0 unspecified atom stereocenters. The van der Waals surface area contributed by atoms with Crippen LogP contribution in [0.25, 0.3) is 0 Å². The zero-order chi connectivity index (χ0) is 8.32. The van der Waals surface area contributed by atoms with E-state index in [0.717, 1.165) is 0 Å². The topological polar surface area (TPSA) is 67.8 Å². The molecule has 0 aromatic carbocycles. The van der Waals surface area contributed by atoms with E-state index in [9.17, 15) is 4.79 Å². The van der Waals surface area contributed by atoms with Crippen molar-refractivity contribution in [2.45, 2.75) is 19.1 Å². The molecule has 11 heavy (non-hydrogen) atoms. The van der Waals surface area contributed by atoms with E-state index in [1.165, 1.54) is 5.48 Å². The maximum atomic E-state index is 10.7. The number of hydrogen-bond acceptors (Lipinski definition) is 4. The maximum Gasteiger partial charge on any atom is 0.248 e. The van der Waals surface area contributed by atoms with Gasteiger partial charge >= 0.3 is 0 Å². The van der Waals surface area contributed by atoms with E-state index in [-0.39, 0.29) is 6.42 Å². The molecule has 0 bridgehead atoms. The lowest BCUT2D eigenvalue weighted by Gasteiger charge is -2.20. The number of hydrogen-bond donors (Lipinski definition) is 2. The molecule has 0 spiro atoms. The Balaban J connectivity index is 2.39. The molecular weight excluding hydrogens is 150 g/mol. The van der Waals surface area contributed by atoms with Crippen molar-refractivity contribution in [1.29, 1.82) is 0 Å². The third-order valence-electron chi connectivity index (χ3n) is 1.50. The molecule has 1 rings (SSSR count). The first-order chi connectivity index (χ1) is 5.16. The number of ether oxygens (including phenoxy) is 2. The van der Waals surface area contributed by atoms with Gasteiger partial charge < -0.3 is 9.47 Å². The fourth-order valence-corrected chi connectivity index (χ4v) is 0.990. The second-order valence-electron chi connectivity index (χ2n) is 2.54. The molecule has 5 heteroatoms. The number of nitrogens with one attached hydrogen (secondary N) is 1. The van der Waals surface area contributed by atoms with E-state index in [1.54, 1.807) is 6.92 Å². The number of carbonyl (C=O) groups is 1. The predicted octanol–water partition coefficient (Wildman–Crippen LogP) is -0.355. The molecule has 0 aromatic heterocycles. The van der Waals surface area contributed by atoms with Crippen LogP contribution in [0.4, 0.5) is 0 Å². The molecule has 1 amide bonds. The second-order valence-corrected chi connectivity index (χ2v) is 2.54. The van der Waals surface area contributed by atoms with Crippen LogP contribution in [-0.2, 0) is 14.3 Å². The van der Waals surface area contributed by atoms with Crippen molar-refractivity contribution in [1.82, 2.24) is 5.48 Å². The van der Waals surface area contributed by atoms with Gasteiger partial charge in [-0.2, -0.15) is 0 Å². The van der Waals surface area contributed by atoms with Crippen molar-refractivity contribution in [3.63, 3.8) is 0 Å². The number of amides is 1. The van der Waals surface area contributed by atoms with Crippen LogP contribution in [0.5, 0.6) is 0 Å². The van der Waals surface area contributed by atoms with E-state index in [1.807, 2.05) is 0 Å². The maximum absolute atomic E-state index is 10.7. The van der Waals surface area contributed by atoms with E-state index >= 15 is 0 Å². The van der Waals surface area contributed by atoms with Gasteiger partial charge in [0, 0.05) is 0 Å². The molecule has 0 radical (unpaired) electrons. The molecular formula is C6H11NO4. The number of carbonyl (C=O) groups excluding carboxylic acids is 1.